The number of para-hydroxylation sites is 1. The van der Waals surface area contributed by atoms with Gasteiger partial charge in [-0.2, -0.15) is 0 Å². The Morgan fingerprint density at radius 2 is 1.85 bits per heavy atom. The molecule has 1 unspecified atom stereocenters. The summed E-state index contributed by atoms with van der Waals surface area (Å²) in [7, 11) is 0. The van der Waals surface area contributed by atoms with Gasteiger partial charge in [-0.1, -0.05) is 31.0 Å². The maximum absolute atomic E-state index is 13.3. The van der Waals surface area contributed by atoms with Crippen LogP contribution in [0, 0.1) is 5.41 Å². The summed E-state index contributed by atoms with van der Waals surface area (Å²) in [6, 6.07) is 10.0. The first-order valence-corrected chi connectivity index (χ1v) is 10.4. The third-order valence-electron chi connectivity index (χ3n) is 6.57. The van der Waals surface area contributed by atoms with Gasteiger partial charge in [-0.25, -0.2) is 0 Å². The first-order chi connectivity index (χ1) is 13.2. The number of amides is 2. The molecule has 5 heteroatoms. The number of likely N-dealkylation sites (tertiary alicyclic amines) is 2. The minimum absolute atomic E-state index is 0.105. The van der Waals surface area contributed by atoms with E-state index in [0.717, 1.165) is 44.4 Å². The number of ether oxygens (including phenoxy) is 1. The van der Waals surface area contributed by atoms with Crippen LogP contribution in [0.1, 0.15) is 51.4 Å². The first-order valence-electron chi connectivity index (χ1n) is 10.4. The van der Waals surface area contributed by atoms with Crippen LogP contribution in [0.3, 0.4) is 0 Å². The molecule has 2 amide bonds. The van der Waals surface area contributed by atoms with Gasteiger partial charge in [0.15, 0.2) is 0 Å². The number of hydrogen-bond acceptors (Lipinski definition) is 3. The Hall–Kier alpha value is -2.04. The lowest BCUT2D eigenvalue weighted by molar-refractivity contribution is -0.148. The van der Waals surface area contributed by atoms with Crippen LogP contribution in [0.15, 0.2) is 30.3 Å². The lowest BCUT2D eigenvalue weighted by Gasteiger charge is -2.42. The van der Waals surface area contributed by atoms with Gasteiger partial charge in [0.05, 0.1) is 18.4 Å². The van der Waals surface area contributed by atoms with Crippen LogP contribution in [0.2, 0.25) is 0 Å². The second-order valence-corrected chi connectivity index (χ2v) is 8.30. The van der Waals surface area contributed by atoms with Gasteiger partial charge in [-0.3, -0.25) is 9.59 Å². The van der Waals surface area contributed by atoms with Crippen molar-refractivity contribution >= 4 is 11.8 Å². The molecule has 1 spiro atoms. The van der Waals surface area contributed by atoms with Crippen molar-refractivity contribution in [2.75, 3.05) is 26.2 Å². The molecule has 3 fully saturated rings. The summed E-state index contributed by atoms with van der Waals surface area (Å²) in [6.07, 6.45) is 7.98. The molecule has 2 aliphatic heterocycles. The van der Waals surface area contributed by atoms with Crippen molar-refractivity contribution in [3.63, 3.8) is 0 Å². The van der Waals surface area contributed by atoms with Crippen LogP contribution >= 0.6 is 0 Å². The summed E-state index contributed by atoms with van der Waals surface area (Å²) in [4.78, 5) is 29.9. The van der Waals surface area contributed by atoms with Gasteiger partial charge in [0.25, 0.3) is 0 Å². The molecule has 0 radical (unpaired) electrons. The highest BCUT2D eigenvalue weighted by atomic mass is 16.5. The van der Waals surface area contributed by atoms with Crippen LogP contribution in [0.25, 0.3) is 0 Å². The normalized spacial score (nSPS) is 26.1. The highest BCUT2D eigenvalue weighted by Crippen LogP contribution is 2.42. The Morgan fingerprint density at radius 3 is 2.63 bits per heavy atom. The van der Waals surface area contributed by atoms with Gasteiger partial charge in [0.2, 0.25) is 11.8 Å². The molecule has 3 aliphatic rings. The molecule has 1 saturated carbocycles. The number of rotatable bonds is 5. The fourth-order valence-corrected chi connectivity index (χ4v) is 5.06. The minimum atomic E-state index is -0.323. The predicted octanol–water partition coefficient (Wildman–Crippen LogP) is 3.24. The summed E-state index contributed by atoms with van der Waals surface area (Å²) < 4.78 is 5.66. The standard InChI is InChI=1S/C22H30N2O3/c25-20(11-16-27-19-9-2-1-3-10-19)23-15-13-22(17-23)12-6-14-24(21(22)26)18-7-4-5-8-18/h1-3,9-10,18H,4-8,11-17H2. The number of benzene rings is 1. The van der Waals surface area contributed by atoms with Crippen LogP contribution in [-0.4, -0.2) is 53.9 Å². The predicted molar refractivity (Wildman–Crippen MR) is 103 cm³/mol. The van der Waals surface area contributed by atoms with Crippen molar-refractivity contribution in [3.8, 4) is 5.75 Å². The minimum Gasteiger partial charge on any atom is -0.493 e. The Kier molecular flexibility index (Phi) is 5.37. The van der Waals surface area contributed by atoms with Crippen molar-refractivity contribution in [1.29, 1.82) is 0 Å². The third-order valence-corrected chi connectivity index (χ3v) is 6.57. The number of carbonyl (C=O) groups excluding carboxylic acids is 2. The molecule has 5 nitrogen and oxygen atoms in total. The zero-order chi connectivity index (χ0) is 18.7. The molecular formula is C22H30N2O3. The van der Waals surface area contributed by atoms with Crippen molar-refractivity contribution in [2.45, 2.75) is 57.4 Å². The van der Waals surface area contributed by atoms with E-state index in [0.29, 0.717) is 38.1 Å². The Labute approximate surface area is 161 Å². The van der Waals surface area contributed by atoms with Gasteiger partial charge >= 0.3 is 0 Å². The molecule has 1 aromatic carbocycles. The summed E-state index contributed by atoms with van der Waals surface area (Å²) in [5, 5.41) is 0. The lowest BCUT2D eigenvalue weighted by Crippen LogP contribution is -2.53. The second-order valence-electron chi connectivity index (χ2n) is 8.30. The van der Waals surface area contributed by atoms with Crippen molar-refractivity contribution < 1.29 is 14.3 Å². The molecular weight excluding hydrogens is 340 g/mol. The average Bonchev–Trinajstić information content (AvgIpc) is 3.36. The molecule has 2 heterocycles. The van der Waals surface area contributed by atoms with Gasteiger partial charge in [0.1, 0.15) is 5.75 Å². The molecule has 1 aromatic rings. The zero-order valence-electron chi connectivity index (χ0n) is 16.1. The second kappa shape index (κ2) is 7.91. The Bertz CT molecular complexity index is 671. The number of hydrogen-bond donors (Lipinski definition) is 0. The Morgan fingerprint density at radius 1 is 1.07 bits per heavy atom. The van der Waals surface area contributed by atoms with Crippen molar-refractivity contribution in [2.24, 2.45) is 5.41 Å². The fourth-order valence-electron chi connectivity index (χ4n) is 5.06. The van der Waals surface area contributed by atoms with E-state index >= 15 is 0 Å². The van der Waals surface area contributed by atoms with Crippen LogP contribution < -0.4 is 4.74 Å². The first kappa shape index (κ1) is 18.3. The Balaban J connectivity index is 1.31. The largest absolute Gasteiger partial charge is 0.493 e. The molecule has 146 valence electrons. The average molecular weight is 370 g/mol. The lowest BCUT2D eigenvalue weighted by atomic mass is 9.77. The van der Waals surface area contributed by atoms with E-state index < -0.39 is 0 Å². The number of piperidine rings is 1. The van der Waals surface area contributed by atoms with Gasteiger partial charge in [-0.15, -0.1) is 0 Å². The molecule has 2 saturated heterocycles. The van der Waals surface area contributed by atoms with Gasteiger partial charge in [-0.05, 0) is 44.2 Å². The maximum atomic E-state index is 13.3. The van der Waals surface area contributed by atoms with Gasteiger partial charge < -0.3 is 14.5 Å². The number of carbonyl (C=O) groups is 2. The van der Waals surface area contributed by atoms with E-state index in [1.807, 2.05) is 35.2 Å². The molecule has 0 aromatic heterocycles. The molecule has 27 heavy (non-hydrogen) atoms. The monoisotopic (exact) mass is 370 g/mol. The van der Waals surface area contributed by atoms with Crippen molar-refractivity contribution in [1.82, 2.24) is 9.80 Å². The van der Waals surface area contributed by atoms with E-state index in [-0.39, 0.29) is 11.3 Å². The topological polar surface area (TPSA) is 49.9 Å². The summed E-state index contributed by atoms with van der Waals surface area (Å²) in [5.74, 6) is 1.21. The van der Waals surface area contributed by atoms with Crippen molar-refractivity contribution in [3.05, 3.63) is 30.3 Å². The summed E-state index contributed by atoms with van der Waals surface area (Å²) >= 11 is 0. The summed E-state index contributed by atoms with van der Waals surface area (Å²) in [5.41, 5.74) is -0.323. The summed E-state index contributed by atoms with van der Waals surface area (Å²) in [6.45, 7) is 2.59. The van der Waals surface area contributed by atoms with E-state index in [1.165, 1.54) is 12.8 Å². The zero-order valence-corrected chi connectivity index (χ0v) is 16.1. The third kappa shape index (κ3) is 3.83. The van der Waals surface area contributed by atoms with Gasteiger partial charge in [0, 0.05) is 25.7 Å². The smallest absolute Gasteiger partial charge is 0.230 e. The SMILES string of the molecule is O=C(CCOc1ccccc1)N1CCC2(CCCN(C3CCCC3)C2=O)C1. The number of nitrogens with zero attached hydrogens (tertiary/aromatic N) is 2. The van der Waals surface area contributed by atoms with Crippen LogP contribution in [0.4, 0.5) is 0 Å². The van der Waals surface area contributed by atoms with E-state index in [4.69, 9.17) is 4.74 Å². The molecule has 0 N–H and O–H groups in total. The highest BCUT2D eigenvalue weighted by molar-refractivity contribution is 5.86. The molecule has 4 rings (SSSR count). The molecule has 0 bridgehead atoms. The molecule has 1 atom stereocenters. The van der Waals surface area contributed by atoms with E-state index in [2.05, 4.69) is 4.90 Å². The molecule has 1 aliphatic carbocycles. The van der Waals surface area contributed by atoms with Crippen LogP contribution in [0.5, 0.6) is 5.75 Å². The maximum Gasteiger partial charge on any atom is 0.230 e. The highest BCUT2D eigenvalue weighted by Gasteiger charge is 2.50. The van der Waals surface area contributed by atoms with Crippen LogP contribution in [-0.2, 0) is 9.59 Å². The van der Waals surface area contributed by atoms with E-state index in [9.17, 15) is 9.59 Å². The quantitative estimate of drug-likeness (QED) is 0.799. The van der Waals surface area contributed by atoms with E-state index in [1.54, 1.807) is 0 Å². The fraction of sp³-hybridized carbons (Fsp3) is 0.636.